The predicted octanol–water partition coefficient (Wildman–Crippen LogP) is 2.28. The second-order valence-corrected chi connectivity index (χ2v) is 4.81. The Morgan fingerprint density at radius 3 is 2.55 bits per heavy atom. The highest BCUT2D eigenvalue weighted by molar-refractivity contribution is 6.32. The fraction of sp³-hybridized carbons (Fsp3) is 0.308. The molecule has 20 heavy (non-hydrogen) atoms. The van der Waals surface area contributed by atoms with Crippen molar-refractivity contribution in [3.05, 3.63) is 45.3 Å². The van der Waals surface area contributed by atoms with Crippen LogP contribution in [0.15, 0.2) is 23.0 Å². The molecule has 0 saturated carbocycles. The topological polar surface area (TPSA) is 36.2 Å². The van der Waals surface area contributed by atoms with Crippen LogP contribution in [0.3, 0.4) is 0 Å². The summed E-state index contributed by atoms with van der Waals surface area (Å²) in [6.07, 6.45) is 0. The van der Waals surface area contributed by atoms with E-state index >= 15 is 0 Å². The van der Waals surface area contributed by atoms with Crippen LogP contribution in [0.4, 0.5) is 8.78 Å². The van der Waals surface area contributed by atoms with Crippen LogP contribution in [-0.2, 0) is 17.8 Å². The molecule has 1 aliphatic rings. The number of fused-ring (bicyclic) bond motifs is 1. The molecule has 0 saturated heterocycles. The van der Waals surface area contributed by atoms with Crippen molar-refractivity contribution in [3.8, 4) is 11.1 Å². The summed E-state index contributed by atoms with van der Waals surface area (Å²) in [6, 6.07) is 3.07. The van der Waals surface area contributed by atoms with E-state index < -0.39 is 17.2 Å². The summed E-state index contributed by atoms with van der Waals surface area (Å²) >= 11 is 6.19. The summed E-state index contributed by atoms with van der Waals surface area (Å²) in [5.41, 5.74) is -0.326. The van der Waals surface area contributed by atoms with Gasteiger partial charge in [0.2, 0.25) is 0 Å². The number of hydrogen-bond donors (Lipinski definition) is 0. The van der Waals surface area contributed by atoms with Crippen molar-refractivity contribution < 1.29 is 13.5 Å². The highest BCUT2D eigenvalue weighted by Gasteiger charge is 2.23. The third-order valence-corrected chi connectivity index (χ3v) is 3.65. The fourth-order valence-corrected chi connectivity index (χ4v) is 2.68. The molecule has 4 nitrogen and oxygen atoms in total. The molecular weight excluding hydrogens is 290 g/mol. The maximum Gasteiger partial charge on any atom is 0.276 e. The summed E-state index contributed by atoms with van der Waals surface area (Å²) in [6.45, 7) is 1.59. The molecule has 106 valence electrons. The molecule has 2 heterocycles. The summed E-state index contributed by atoms with van der Waals surface area (Å²) in [5, 5.41) is 0.144. The largest absolute Gasteiger partial charge is 0.378 e. The van der Waals surface area contributed by atoms with E-state index in [-0.39, 0.29) is 16.3 Å². The third kappa shape index (κ3) is 2.05. The van der Waals surface area contributed by atoms with Crippen LogP contribution in [0.2, 0.25) is 5.15 Å². The summed E-state index contributed by atoms with van der Waals surface area (Å²) < 4.78 is 35.1. The normalized spacial score (nSPS) is 14.9. The Morgan fingerprint density at radius 1 is 1.15 bits per heavy atom. The van der Waals surface area contributed by atoms with Gasteiger partial charge in [0.15, 0.2) is 0 Å². The standard InChI is InChI=1S/C13H11ClF2N2O2/c14-12-11(9-2-1-8(15)7-10(9)16)13(19)18-4-6-20-5-3-17(12)18/h1-2,7H,3-6H2. The van der Waals surface area contributed by atoms with Gasteiger partial charge in [-0.2, -0.15) is 0 Å². The number of rotatable bonds is 1. The van der Waals surface area contributed by atoms with Gasteiger partial charge in [-0.1, -0.05) is 11.6 Å². The molecule has 0 atom stereocenters. The summed E-state index contributed by atoms with van der Waals surface area (Å²) in [4.78, 5) is 12.4. The molecule has 7 heteroatoms. The second kappa shape index (κ2) is 5.03. The Kier molecular flexibility index (Phi) is 3.35. The molecule has 0 bridgehead atoms. The molecule has 0 amide bonds. The van der Waals surface area contributed by atoms with Crippen molar-refractivity contribution in [1.29, 1.82) is 0 Å². The number of nitrogens with zero attached hydrogens (tertiary/aromatic N) is 2. The van der Waals surface area contributed by atoms with Gasteiger partial charge in [0.05, 0.1) is 31.9 Å². The van der Waals surface area contributed by atoms with Crippen LogP contribution in [0.1, 0.15) is 0 Å². The second-order valence-electron chi connectivity index (χ2n) is 4.45. The first-order valence-corrected chi connectivity index (χ1v) is 6.49. The maximum atomic E-state index is 13.9. The van der Waals surface area contributed by atoms with Gasteiger partial charge in [-0.15, -0.1) is 0 Å². The molecule has 0 spiro atoms. The Labute approximate surface area is 118 Å². The molecule has 1 aliphatic heterocycles. The molecule has 0 N–H and O–H groups in total. The average Bonchev–Trinajstić information content (AvgIpc) is 2.61. The first kappa shape index (κ1) is 13.3. The Morgan fingerprint density at radius 2 is 1.85 bits per heavy atom. The molecule has 1 aromatic heterocycles. The van der Waals surface area contributed by atoms with Gasteiger partial charge < -0.3 is 4.74 Å². The van der Waals surface area contributed by atoms with E-state index in [1.165, 1.54) is 10.7 Å². The van der Waals surface area contributed by atoms with E-state index in [0.717, 1.165) is 12.1 Å². The Hall–Kier alpha value is -1.66. The maximum absolute atomic E-state index is 13.9. The molecule has 0 fully saturated rings. The smallest absolute Gasteiger partial charge is 0.276 e. The number of aromatic nitrogens is 2. The molecule has 0 unspecified atom stereocenters. The van der Waals surface area contributed by atoms with Crippen molar-refractivity contribution in [2.75, 3.05) is 13.2 Å². The highest BCUT2D eigenvalue weighted by Crippen LogP contribution is 2.28. The minimum atomic E-state index is -0.804. The lowest BCUT2D eigenvalue weighted by molar-refractivity contribution is 0.137. The van der Waals surface area contributed by atoms with E-state index in [2.05, 4.69) is 0 Å². The molecule has 3 rings (SSSR count). The van der Waals surface area contributed by atoms with Crippen molar-refractivity contribution in [1.82, 2.24) is 9.36 Å². The Balaban J connectivity index is 2.22. The summed E-state index contributed by atoms with van der Waals surface area (Å²) in [7, 11) is 0. The number of halogens is 3. The van der Waals surface area contributed by atoms with Gasteiger partial charge in [0.1, 0.15) is 16.8 Å². The number of ether oxygens (including phenoxy) is 1. The highest BCUT2D eigenvalue weighted by atomic mass is 35.5. The van der Waals surface area contributed by atoms with Crippen LogP contribution >= 0.6 is 11.6 Å². The van der Waals surface area contributed by atoms with Crippen molar-refractivity contribution in [2.24, 2.45) is 0 Å². The first-order chi connectivity index (χ1) is 9.59. The van der Waals surface area contributed by atoms with E-state index in [4.69, 9.17) is 16.3 Å². The Bertz CT molecular complexity index is 724. The molecule has 1 aromatic carbocycles. The first-order valence-electron chi connectivity index (χ1n) is 6.12. The molecule has 0 radical (unpaired) electrons. The zero-order valence-corrected chi connectivity index (χ0v) is 11.2. The van der Waals surface area contributed by atoms with Crippen LogP contribution in [0, 0.1) is 11.6 Å². The zero-order chi connectivity index (χ0) is 14.3. The predicted molar refractivity (Wildman–Crippen MR) is 69.9 cm³/mol. The van der Waals surface area contributed by atoms with Crippen molar-refractivity contribution >= 4 is 11.6 Å². The van der Waals surface area contributed by atoms with E-state index in [1.54, 1.807) is 4.68 Å². The minimum Gasteiger partial charge on any atom is -0.378 e. The lowest BCUT2D eigenvalue weighted by Gasteiger charge is -2.06. The van der Waals surface area contributed by atoms with Crippen LogP contribution in [-0.4, -0.2) is 22.6 Å². The average molecular weight is 301 g/mol. The summed E-state index contributed by atoms with van der Waals surface area (Å²) in [5.74, 6) is -1.50. The van der Waals surface area contributed by atoms with Gasteiger partial charge in [-0.05, 0) is 12.1 Å². The van der Waals surface area contributed by atoms with Crippen molar-refractivity contribution in [3.63, 3.8) is 0 Å². The zero-order valence-electron chi connectivity index (χ0n) is 10.4. The van der Waals surface area contributed by atoms with Crippen molar-refractivity contribution in [2.45, 2.75) is 13.1 Å². The van der Waals surface area contributed by atoms with Gasteiger partial charge >= 0.3 is 0 Å². The fourth-order valence-electron chi connectivity index (χ4n) is 2.33. The molecular formula is C13H11ClF2N2O2. The van der Waals surface area contributed by atoms with Crippen LogP contribution in [0.25, 0.3) is 11.1 Å². The third-order valence-electron chi connectivity index (χ3n) is 3.27. The van der Waals surface area contributed by atoms with Crippen LogP contribution < -0.4 is 5.56 Å². The van der Waals surface area contributed by atoms with Gasteiger partial charge in [0, 0.05) is 11.6 Å². The monoisotopic (exact) mass is 300 g/mol. The number of benzene rings is 1. The SMILES string of the molecule is O=c1c(-c2ccc(F)cc2F)c(Cl)n2n1CCOCC2. The van der Waals surface area contributed by atoms with Gasteiger partial charge in [-0.3, -0.25) is 9.48 Å². The lowest BCUT2D eigenvalue weighted by Crippen LogP contribution is -2.23. The van der Waals surface area contributed by atoms with Crippen LogP contribution in [0.5, 0.6) is 0 Å². The minimum absolute atomic E-state index is 0.00962. The quantitative estimate of drug-likeness (QED) is 0.810. The molecule has 0 aliphatic carbocycles. The van der Waals surface area contributed by atoms with Gasteiger partial charge in [-0.25, -0.2) is 13.5 Å². The molecule has 2 aromatic rings. The number of hydrogen-bond acceptors (Lipinski definition) is 2. The van der Waals surface area contributed by atoms with E-state index in [0.29, 0.717) is 26.3 Å². The van der Waals surface area contributed by atoms with Gasteiger partial charge in [0.25, 0.3) is 5.56 Å². The van der Waals surface area contributed by atoms with E-state index in [1.807, 2.05) is 0 Å². The lowest BCUT2D eigenvalue weighted by atomic mass is 10.1. The van der Waals surface area contributed by atoms with E-state index in [9.17, 15) is 13.6 Å².